The molecule has 2 aromatic carbocycles. The van der Waals surface area contributed by atoms with Crippen molar-refractivity contribution in [3.8, 4) is 0 Å². The molecule has 2 saturated carbocycles. The molecule has 4 atom stereocenters. The minimum absolute atomic E-state index is 0.0507. The van der Waals surface area contributed by atoms with Crippen LogP contribution in [0.1, 0.15) is 37.8 Å². The number of carbonyl (C=O) groups excluding carboxylic acids is 2. The Kier molecular flexibility index (Phi) is 13.3. The van der Waals surface area contributed by atoms with Crippen LogP contribution in [0.4, 0.5) is 0 Å². The third kappa shape index (κ3) is 10.9. The van der Waals surface area contributed by atoms with Crippen LogP contribution in [0.5, 0.6) is 0 Å². The fourth-order valence-electron chi connectivity index (χ4n) is 3.45. The molecule has 6 nitrogen and oxygen atoms in total. The lowest BCUT2D eigenvalue weighted by Crippen LogP contribution is -2.15. The van der Waals surface area contributed by atoms with Crippen molar-refractivity contribution in [2.45, 2.75) is 32.5 Å². The Morgan fingerprint density at radius 1 is 0.861 bits per heavy atom. The second kappa shape index (κ2) is 16.1. The smallest absolute Gasteiger partial charge is 0.455 e. The van der Waals surface area contributed by atoms with Gasteiger partial charge in [0.1, 0.15) is 0 Å². The summed E-state index contributed by atoms with van der Waals surface area (Å²) in [6.45, 7) is 4.40. The standard InChI is InChI=1S/C14H16O2.C8H7Br.C6H11BO4/c1-2-16-14(15)13-10-12(13)9-8-11-6-4-3-5-7-11;9-7-6-8-4-2-1-3-5-8;1-2-11-6(8)4-3-5(4)7(9)10/h3-9,12-13H,2,10H2,1H3;1-7H;4-5,9-10H,2-3H2,1H3/b9-8-;7-6-;. The molecule has 0 spiro atoms. The number of benzene rings is 2. The molecule has 192 valence electrons. The highest BCUT2D eigenvalue weighted by Crippen LogP contribution is 2.46. The van der Waals surface area contributed by atoms with Crippen molar-refractivity contribution < 1.29 is 29.1 Å². The Morgan fingerprint density at radius 3 is 1.81 bits per heavy atom. The van der Waals surface area contributed by atoms with Crippen LogP contribution < -0.4 is 0 Å². The number of carbonyl (C=O) groups is 2. The Hall–Kier alpha value is -2.68. The molecule has 2 fully saturated rings. The van der Waals surface area contributed by atoms with Crippen LogP contribution in [0.2, 0.25) is 5.82 Å². The minimum Gasteiger partial charge on any atom is -0.466 e. The molecule has 0 radical (unpaired) electrons. The average Bonchev–Trinajstić information content (AvgIpc) is 3.80. The molecular formula is C28H34BBrO6. The van der Waals surface area contributed by atoms with E-state index in [9.17, 15) is 9.59 Å². The van der Waals surface area contributed by atoms with Crippen LogP contribution in [0.25, 0.3) is 12.2 Å². The van der Waals surface area contributed by atoms with E-state index in [2.05, 4.69) is 57.1 Å². The van der Waals surface area contributed by atoms with Gasteiger partial charge in [0, 0.05) is 5.82 Å². The Labute approximate surface area is 222 Å². The van der Waals surface area contributed by atoms with Gasteiger partial charge in [0.25, 0.3) is 0 Å². The summed E-state index contributed by atoms with van der Waals surface area (Å²) in [5.74, 6) is -0.473. The van der Waals surface area contributed by atoms with E-state index in [1.807, 2.05) is 54.4 Å². The summed E-state index contributed by atoms with van der Waals surface area (Å²) in [6, 6.07) is 20.3. The molecule has 4 unspecified atom stereocenters. The first-order valence-corrected chi connectivity index (χ1v) is 13.1. The first kappa shape index (κ1) is 29.6. The molecule has 0 aromatic heterocycles. The molecule has 8 heteroatoms. The van der Waals surface area contributed by atoms with Crippen molar-refractivity contribution >= 4 is 47.1 Å². The van der Waals surface area contributed by atoms with E-state index >= 15 is 0 Å². The number of allylic oxidation sites excluding steroid dienone is 1. The quantitative estimate of drug-likeness (QED) is 0.335. The lowest BCUT2D eigenvalue weighted by Gasteiger charge is -1.99. The normalized spacial score (nSPS) is 21.5. The molecule has 2 aliphatic rings. The van der Waals surface area contributed by atoms with E-state index in [4.69, 9.17) is 14.8 Å². The topological polar surface area (TPSA) is 93.1 Å². The zero-order valence-corrected chi connectivity index (χ0v) is 22.3. The summed E-state index contributed by atoms with van der Waals surface area (Å²) in [6.07, 6.45) is 7.65. The fourth-order valence-corrected chi connectivity index (χ4v) is 3.75. The maximum Gasteiger partial charge on any atom is 0.455 e. The average molecular weight is 557 g/mol. The monoisotopic (exact) mass is 556 g/mol. The molecule has 0 heterocycles. The molecule has 2 aliphatic carbocycles. The molecular weight excluding hydrogens is 523 g/mol. The highest BCUT2D eigenvalue weighted by atomic mass is 79.9. The molecule has 0 amide bonds. The number of esters is 2. The van der Waals surface area contributed by atoms with Crippen LogP contribution in [0, 0.1) is 17.8 Å². The van der Waals surface area contributed by atoms with E-state index in [1.54, 1.807) is 6.92 Å². The first-order chi connectivity index (χ1) is 17.4. The summed E-state index contributed by atoms with van der Waals surface area (Å²) < 4.78 is 9.66. The highest BCUT2D eigenvalue weighted by molar-refractivity contribution is 9.11. The molecule has 2 aromatic rings. The first-order valence-electron chi connectivity index (χ1n) is 12.2. The van der Waals surface area contributed by atoms with Crippen LogP contribution in [-0.2, 0) is 19.1 Å². The van der Waals surface area contributed by atoms with Crippen molar-refractivity contribution in [3.05, 3.63) is 82.9 Å². The number of halogens is 1. The highest BCUT2D eigenvalue weighted by Gasteiger charge is 2.50. The van der Waals surface area contributed by atoms with Gasteiger partial charge in [-0.2, -0.15) is 0 Å². The third-order valence-corrected chi connectivity index (χ3v) is 5.90. The van der Waals surface area contributed by atoms with E-state index in [1.165, 1.54) is 11.1 Å². The van der Waals surface area contributed by atoms with Gasteiger partial charge in [-0.25, -0.2) is 0 Å². The zero-order chi connectivity index (χ0) is 26.3. The van der Waals surface area contributed by atoms with Crippen LogP contribution in [-0.4, -0.2) is 42.3 Å². The van der Waals surface area contributed by atoms with E-state index in [0.29, 0.717) is 25.6 Å². The SMILES string of the molecule is Br/C=C\c1ccccc1.CCOC(=O)C1CC1/C=C\c1ccccc1.CCOC(=O)C1CC1B(O)O. The maximum atomic E-state index is 11.4. The Morgan fingerprint density at radius 2 is 1.36 bits per heavy atom. The number of hydrogen-bond donors (Lipinski definition) is 2. The lowest BCUT2D eigenvalue weighted by atomic mass is 9.82. The van der Waals surface area contributed by atoms with Crippen molar-refractivity contribution in [2.75, 3.05) is 13.2 Å². The molecule has 36 heavy (non-hydrogen) atoms. The number of hydrogen-bond acceptors (Lipinski definition) is 6. The fraction of sp³-hybridized carbons (Fsp3) is 0.357. The van der Waals surface area contributed by atoms with Crippen molar-refractivity contribution in [1.29, 1.82) is 0 Å². The summed E-state index contributed by atoms with van der Waals surface area (Å²) in [4.78, 5) is 24.1. The van der Waals surface area contributed by atoms with Gasteiger partial charge in [-0.05, 0) is 54.8 Å². The Bertz CT molecular complexity index is 980. The number of ether oxygens (including phenoxy) is 2. The van der Waals surface area contributed by atoms with Gasteiger partial charge in [-0.1, -0.05) is 88.7 Å². The molecule has 4 rings (SSSR count). The maximum absolute atomic E-state index is 11.4. The molecule has 0 aliphatic heterocycles. The molecule has 0 bridgehead atoms. The second-order valence-electron chi connectivity index (χ2n) is 8.40. The van der Waals surface area contributed by atoms with Gasteiger partial charge < -0.3 is 19.5 Å². The lowest BCUT2D eigenvalue weighted by molar-refractivity contribution is -0.145. The van der Waals surface area contributed by atoms with Gasteiger partial charge in [0.2, 0.25) is 0 Å². The van der Waals surface area contributed by atoms with Crippen LogP contribution in [0.3, 0.4) is 0 Å². The van der Waals surface area contributed by atoms with Crippen molar-refractivity contribution in [3.63, 3.8) is 0 Å². The predicted octanol–water partition coefficient (Wildman–Crippen LogP) is 5.36. The minimum atomic E-state index is -1.37. The Balaban J connectivity index is 0.000000200. The van der Waals surface area contributed by atoms with Crippen LogP contribution >= 0.6 is 15.9 Å². The van der Waals surface area contributed by atoms with Gasteiger partial charge >= 0.3 is 19.1 Å². The van der Waals surface area contributed by atoms with Crippen molar-refractivity contribution in [2.24, 2.45) is 17.8 Å². The summed E-state index contributed by atoms with van der Waals surface area (Å²) in [5.41, 5.74) is 2.39. The predicted molar refractivity (Wildman–Crippen MR) is 147 cm³/mol. The van der Waals surface area contributed by atoms with Crippen molar-refractivity contribution in [1.82, 2.24) is 0 Å². The van der Waals surface area contributed by atoms with Gasteiger partial charge in [-0.15, -0.1) is 0 Å². The van der Waals surface area contributed by atoms with Gasteiger partial charge in [-0.3, -0.25) is 9.59 Å². The third-order valence-electron chi connectivity index (χ3n) is 5.63. The molecule has 2 N–H and O–H groups in total. The largest absolute Gasteiger partial charge is 0.466 e. The zero-order valence-electron chi connectivity index (χ0n) is 20.7. The van der Waals surface area contributed by atoms with E-state index in [0.717, 1.165) is 6.42 Å². The second-order valence-corrected chi connectivity index (χ2v) is 8.93. The summed E-state index contributed by atoms with van der Waals surface area (Å²) >= 11 is 3.21. The summed E-state index contributed by atoms with van der Waals surface area (Å²) in [5, 5.41) is 17.3. The molecule has 0 saturated heterocycles. The van der Waals surface area contributed by atoms with E-state index in [-0.39, 0.29) is 29.6 Å². The van der Waals surface area contributed by atoms with Gasteiger partial charge in [0.05, 0.1) is 25.0 Å². The van der Waals surface area contributed by atoms with E-state index < -0.39 is 7.12 Å². The van der Waals surface area contributed by atoms with Gasteiger partial charge in [0.15, 0.2) is 0 Å². The summed E-state index contributed by atoms with van der Waals surface area (Å²) in [7, 11) is -1.37. The number of rotatable bonds is 8. The van der Waals surface area contributed by atoms with Crippen LogP contribution in [0.15, 0.2) is 71.7 Å².